The number of anilines is 1. The standard InChI is InChI=1S/C28H16F6N4O3/c29-15-9-21(30)20(22(31)10-15)13-38-14-36-26(39)19-11-17(6-7-23(19)38)41-24-5-1-4-18(25(24)28(32,33)34)27(40)37-16-3-2-8-35-12-16/h1-12,14H,13H2,(H,37,40). The molecule has 2 aromatic heterocycles. The molecular formula is C28H16F6N4O3. The van der Waals surface area contributed by atoms with Gasteiger partial charge in [-0.15, -0.1) is 0 Å². The Morgan fingerprint density at radius 3 is 2.41 bits per heavy atom. The molecule has 1 N–H and O–H groups in total. The van der Waals surface area contributed by atoms with Crippen molar-refractivity contribution < 1.29 is 35.9 Å². The molecule has 0 atom stereocenters. The number of pyridine rings is 1. The maximum Gasteiger partial charge on any atom is 0.420 e. The zero-order valence-corrected chi connectivity index (χ0v) is 20.5. The van der Waals surface area contributed by atoms with E-state index in [-0.39, 0.29) is 22.3 Å². The Morgan fingerprint density at radius 2 is 1.73 bits per heavy atom. The number of rotatable bonds is 6. The van der Waals surface area contributed by atoms with E-state index < -0.39 is 64.1 Å². The lowest BCUT2D eigenvalue weighted by atomic mass is 10.0. The zero-order valence-electron chi connectivity index (χ0n) is 20.5. The summed E-state index contributed by atoms with van der Waals surface area (Å²) in [4.78, 5) is 32.7. The zero-order chi connectivity index (χ0) is 29.3. The predicted octanol–water partition coefficient (Wildman–Crippen LogP) is 6.32. The Kier molecular flexibility index (Phi) is 7.18. The number of hydrogen-bond acceptors (Lipinski definition) is 5. The number of ether oxygens (including phenoxy) is 1. The van der Waals surface area contributed by atoms with Gasteiger partial charge in [0.05, 0.1) is 41.2 Å². The van der Waals surface area contributed by atoms with E-state index in [1.165, 1.54) is 47.3 Å². The minimum Gasteiger partial charge on any atom is -0.457 e. The van der Waals surface area contributed by atoms with Crippen LogP contribution in [-0.4, -0.2) is 20.4 Å². The van der Waals surface area contributed by atoms with Crippen LogP contribution in [0.1, 0.15) is 21.5 Å². The van der Waals surface area contributed by atoms with E-state index in [4.69, 9.17) is 4.74 Å². The van der Waals surface area contributed by atoms with Crippen LogP contribution in [0.5, 0.6) is 11.5 Å². The summed E-state index contributed by atoms with van der Waals surface area (Å²) in [6.07, 6.45) is -1.29. The van der Waals surface area contributed by atoms with Crippen LogP contribution in [0.4, 0.5) is 32.0 Å². The number of benzene rings is 3. The smallest absolute Gasteiger partial charge is 0.420 e. The Bertz CT molecular complexity index is 1820. The lowest BCUT2D eigenvalue weighted by Gasteiger charge is -2.18. The van der Waals surface area contributed by atoms with E-state index in [0.717, 1.165) is 24.5 Å². The summed E-state index contributed by atoms with van der Waals surface area (Å²) in [6.45, 7) is -0.464. The van der Waals surface area contributed by atoms with E-state index >= 15 is 0 Å². The highest BCUT2D eigenvalue weighted by Crippen LogP contribution is 2.41. The van der Waals surface area contributed by atoms with Gasteiger partial charge in [0.25, 0.3) is 11.5 Å². The predicted molar refractivity (Wildman–Crippen MR) is 135 cm³/mol. The normalized spacial score (nSPS) is 11.5. The second-order valence-electron chi connectivity index (χ2n) is 8.68. The highest BCUT2D eigenvalue weighted by Gasteiger charge is 2.39. The van der Waals surface area contributed by atoms with Crippen molar-refractivity contribution in [2.75, 3.05) is 5.32 Å². The maximum absolute atomic E-state index is 14.2. The number of fused-ring (bicyclic) bond motifs is 1. The highest BCUT2D eigenvalue weighted by molar-refractivity contribution is 6.05. The largest absolute Gasteiger partial charge is 0.457 e. The van der Waals surface area contributed by atoms with Gasteiger partial charge in [-0.1, -0.05) is 6.07 Å². The van der Waals surface area contributed by atoms with Gasteiger partial charge >= 0.3 is 6.18 Å². The molecule has 208 valence electrons. The molecule has 0 aliphatic heterocycles. The number of amides is 1. The molecule has 13 heteroatoms. The third-order valence-electron chi connectivity index (χ3n) is 5.96. The molecule has 1 amide bonds. The van der Waals surface area contributed by atoms with Gasteiger partial charge in [-0.05, 0) is 42.5 Å². The van der Waals surface area contributed by atoms with Gasteiger partial charge in [0.15, 0.2) is 0 Å². The molecule has 0 fully saturated rings. The number of hydrogen-bond donors (Lipinski definition) is 1. The molecule has 0 spiro atoms. The van der Waals surface area contributed by atoms with Gasteiger partial charge in [0, 0.05) is 23.9 Å². The van der Waals surface area contributed by atoms with E-state index in [2.05, 4.69) is 15.3 Å². The fourth-order valence-electron chi connectivity index (χ4n) is 4.13. The molecule has 0 radical (unpaired) electrons. The van der Waals surface area contributed by atoms with Crippen molar-refractivity contribution in [3.63, 3.8) is 0 Å². The SMILES string of the molecule is O=C(Nc1cccnc1)c1cccc(Oc2ccc3c(c2)c(=O)ncn3Cc2c(F)cc(F)cc2F)c1C(F)(F)F. The third kappa shape index (κ3) is 5.73. The van der Waals surface area contributed by atoms with Crippen LogP contribution in [0.25, 0.3) is 10.9 Å². The van der Waals surface area contributed by atoms with Crippen molar-refractivity contribution in [3.8, 4) is 11.5 Å². The summed E-state index contributed by atoms with van der Waals surface area (Å²) in [5, 5.41) is 2.21. The first kappa shape index (κ1) is 27.4. The first-order valence-corrected chi connectivity index (χ1v) is 11.7. The van der Waals surface area contributed by atoms with Gasteiger partial charge in [-0.2, -0.15) is 18.2 Å². The van der Waals surface area contributed by atoms with Crippen molar-refractivity contribution >= 4 is 22.5 Å². The molecule has 0 aliphatic rings. The van der Waals surface area contributed by atoms with Crippen LogP contribution < -0.4 is 15.6 Å². The second-order valence-corrected chi connectivity index (χ2v) is 8.68. The maximum atomic E-state index is 14.2. The van der Waals surface area contributed by atoms with Gasteiger partial charge in [0.1, 0.15) is 34.5 Å². The quantitative estimate of drug-likeness (QED) is 0.242. The molecule has 41 heavy (non-hydrogen) atoms. The average molecular weight is 570 g/mol. The Balaban J connectivity index is 1.51. The first-order valence-electron chi connectivity index (χ1n) is 11.7. The van der Waals surface area contributed by atoms with Crippen LogP contribution >= 0.6 is 0 Å². The fraction of sp³-hybridized carbons (Fsp3) is 0.0714. The van der Waals surface area contributed by atoms with Gasteiger partial charge in [0.2, 0.25) is 0 Å². The molecule has 0 aliphatic carbocycles. The Hall–Kier alpha value is -5.20. The molecule has 7 nitrogen and oxygen atoms in total. The summed E-state index contributed by atoms with van der Waals surface area (Å²) < 4.78 is 90.9. The van der Waals surface area contributed by atoms with Crippen molar-refractivity contribution in [2.45, 2.75) is 12.7 Å². The van der Waals surface area contributed by atoms with E-state index in [9.17, 15) is 35.9 Å². The molecule has 0 bridgehead atoms. The number of nitrogens with zero attached hydrogens (tertiary/aromatic N) is 3. The molecule has 0 unspecified atom stereocenters. The summed E-state index contributed by atoms with van der Waals surface area (Å²) in [5.74, 6) is -5.38. The van der Waals surface area contributed by atoms with E-state index in [0.29, 0.717) is 12.1 Å². The summed E-state index contributed by atoms with van der Waals surface area (Å²) in [5.41, 5.74) is -3.05. The van der Waals surface area contributed by atoms with Crippen LogP contribution in [-0.2, 0) is 12.7 Å². The molecule has 0 saturated heterocycles. The number of carbonyl (C=O) groups excluding carboxylic acids is 1. The topological polar surface area (TPSA) is 86.1 Å². The molecular weight excluding hydrogens is 554 g/mol. The van der Waals surface area contributed by atoms with Crippen molar-refractivity contribution in [3.05, 3.63) is 124 Å². The summed E-state index contributed by atoms with van der Waals surface area (Å²) >= 11 is 0. The number of alkyl halides is 3. The van der Waals surface area contributed by atoms with Crippen LogP contribution in [0.2, 0.25) is 0 Å². The minimum absolute atomic E-state index is 0.126. The lowest BCUT2D eigenvalue weighted by Crippen LogP contribution is -2.19. The average Bonchev–Trinajstić information content (AvgIpc) is 2.92. The number of carbonyl (C=O) groups is 1. The van der Waals surface area contributed by atoms with Crippen LogP contribution in [0, 0.1) is 17.5 Å². The van der Waals surface area contributed by atoms with E-state index in [1.807, 2.05) is 0 Å². The van der Waals surface area contributed by atoms with Crippen molar-refractivity contribution in [1.82, 2.24) is 14.5 Å². The second kappa shape index (κ2) is 10.8. The molecule has 5 aromatic rings. The fourth-order valence-corrected chi connectivity index (χ4v) is 4.13. The van der Waals surface area contributed by atoms with Crippen molar-refractivity contribution in [1.29, 1.82) is 0 Å². The first-order chi connectivity index (χ1) is 19.5. The Labute approximate surface area is 226 Å². The van der Waals surface area contributed by atoms with Gasteiger partial charge in [-0.25, -0.2) is 13.2 Å². The monoisotopic (exact) mass is 570 g/mol. The molecule has 3 aromatic carbocycles. The molecule has 5 rings (SSSR count). The molecule has 2 heterocycles. The number of halogens is 6. The van der Waals surface area contributed by atoms with E-state index in [1.54, 1.807) is 0 Å². The summed E-state index contributed by atoms with van der Waals surface area (Å²) in [6, 6.07) is 10.8. The van der Waals surface area contributed by atoms with Crippen LogP contribution in [0.3, 0.4) is 0 Å². The number of aromatic nitrogens is 3. The molecule has 0 saturated carbocycles. The minimum atomic E-state index is -5.01. The van der Waals surface area contributed by atoms with Gasteiger partial charge in [-0.3, -0.25) is 14.6 Å². The summed E-state index contributed by atoms with van der Waals surface area (Å²) in [7, 11) is 0. The Morgan fingerprint density at radius 1 is 0.976 bits per heavy atom. The number of nitrogens with one attached hydrogen (secondary N) is 1. The van der Waals surface area contributed by atoms with Gasteiger partial charge < -0.3 is 14.6 Å². The third-order valence-corrected chi connectivity index (χ3v) is 5.96. The van der Waals surface area contributed by atoms with Crippen LogP contribution in [0.15, 0.2) is 84.2 Å². The highest BCUT2D eigenvalue weighted by atomic mass is 19.4. The van der Waals surface area contributed by atoms with Crippen molar-refractivity contribution in [2.24, 2.45) is 0 Å². The lowest BCUT2D eigenvalue weighted by molar-refractivity contribution is -0.138.